The van der Waals surface area contributed by atoms with Crippen LogP contribution < -0.4 is 11.1 Å². The molecule has 1 aromatic rings. The third-order valence-corrected chi connectivity index (χ3v) is 3.56. The van der Waals surface area contributed by atoms with Crippen LogP contribution in [0, 0.1) is 6.92 Å². The number of nitrogens with two attached hydrogens (primary N) is 1. The SMILES string of the molecule is Cc1cc(NCC2CCCO2)c(Br)cc1N. The third-order valence-electron chi connectivity index (χ3n) is 2.90. The normalized spacial score (nSPS) is 20.0. The van der Waals surface area contributed by atoms with E-state index in [0.29, 0.717) is 6.10 Å². The first-order valence-electron chi connectivity index (χ1n) is 5.58. The standard InChI is InChI=1S/C12H17BrN2O/c1-8-5-12(10(13)6-11(8)14)15-7-9-3-2-4-16-9/h5-6,9,15H,2-4,7,14H2,1H3. The molecule has 1 atom stereocenters. The number of halogens is 1. The lowest BCUT2D eigenvalue weighted by atomic mass is 10.1. The van der Waals surface area contributed by atoms with Gasteiger partial charge in [0.15, 0.2) is 0 Å². The van der Waals surface area contributed by atoms with Crippen LogP contribution in [-0.2, 0) is 4.74 Å². The Morgan fingerprint density at radius 1 is 1.56 bits per heavy atom. The van der Waals surface area contributed by atoms with Crippen molar-refractivity contribution in [2.45, 2.75) is 25.9 Å². The molecule has 3 N–H and O–H groups in total. The van der Waals surface area contributed by atoms with Crippen molar-refractivity contribution in [2.24, 2.45) is 0 Å². The Morgan fingerprint density at radius 2 is 2.38 bits per heavy atom. The lowest BCUT2D eigenvalue weighted by Gasteiger charge is -2.14. The van der Waals surface area contributed by atoms with Gasteiger partial charge in [0.2, 0.25) is 0 Å². The molecule has 2 rings (SSSR count). The van der Waals surface area contributed by atoms with E-state index in [1.165, 1.54) is 6.42 Å². The third kappa shape index (κ3) is 2.68. The summed E-state index contributed by atoms with van der Waals surface area (Å²) in [6.07, 6.45) is 2.68. The largest absolute Gasteiger partial charge is 0.398 e. The number of aryl methyl sites for hydroxylation is 1. The van der Waals surface area contributed by atoms with E-state index < -0.39 is 0 Å². The zero-order valence-electron chi connectivity index (χ0n) is 9.42. The molecule has 0 aliphatic carbocycles. The molecule has 1 aliphatic heterocycles. The van der Waals surface area contributed by atoms with Gasteiger partial charge in [-0.15, -0.1) is 0 Å². The average Bonchev–Trinajstić information content (AvgIpc) is 2.74. The number of hydrogen-bond donors (Lipinski definition) is 2. The highest BCUT2D eigenvalue weighted by Crippen LogP contribution is 2.28. The van der Waals surface area contributed by atoms with E-state index in [2.05, 4.69) is 27.3 Å². The molecule has 0 bridgehead atoms. The minimum absolute atomic E-state index is 0.352. The summed E-state index contributed by atoms with van der Waals surface area (Å²) in [4.78, 5) is 0. The van der Waals surface area contributed by atoms with Gasteiger partial charge in [0.25, 0.3) is 0 Å². The molecule has 0 aromatic heterocycles. The maximum absolute atomic E-state index is 5.83. The molecule has 0 spiro atoms. The van der Waals surface area contributed by atoms with Crippen molar-refractivity contribution in [3.8, 4) is 0 Å². The Labute approximate surface area is 104 Å². The molecule has 1 fully saturated rings. The van der Waals surface area contributed by atoms with Crippen LogP contribution in [-0.4, -0.2) is 19.3 Å². The fourth-order valence-corrected chi connectivity index (χ4v) is 2.36. The predicted molar refractivity (Wildman–Crippen MR) is 70.8 cm³/mol. The van der Waals surface area contributed by atoms with Crippen molar-refractivity contribution in [3.05, 3.63) is 22.2 Å². The van der Waals surface area contributed by atoms with Gasteiger partial charge in [-0.25, -0.2) is 0 Å². The van der Waals surface area contributed by atoms with Crippen molar-refractivity contribution < 1.29 is 4.74 Å². The smallest absolute Gasteiger partial charge is 0.0748 e. The Kier molecular flexibility index (Phi) is 3.71. The van der Waals surface area contributed by atoms with E-state index in [0.717, 1.165) is 41.0 Å². The number of ether oxygens (including phenoxy) is 1. The molecule has 1 unspecified atom stereocenters. The second-order valence-corrected chi connectivity index (χ2v) is 5.06. The molecule has 3 nitrogen and oxygen atoms in total. The lowest BCUT2D eigenvalue weighted by molar-refractivity contribution is 0.120. The summed E-state index contributed by atoms with van der Waals surface area (Å²) in [6, 6.07) is 4.00. The van der Waals surface area contributed by atoms with Crippen molar-refractivity contribution >= 4 is 27.3 Å². The monoisotopic (exact) mass is 284 g/mol. The number of anilines is 2. The molecule has 4 heteroatoms. The summed E-state index contributed by atoms with van der Waals surface area (Å²) >= 11 is 3.51. The second kappa shape index (κ2) is 5.06. The molecule has 0 amide bonds. The predicted octanol–water partition coefficient (Wildman–Crippen LogP) is 2.93. The van der Waals surface area contributed by atoms with Gasteiger partial charge >= 0.3 is 0 Å². The Morgan fingerprint density at radius 3 is 3.06 bits per heavy atom. The van der Waals surface area contributed by atoms with E-state index in [9.17, 15) is 0 Å². The van der Waals surface area contributed by atoms with Gasteiger partial charge in [0, 0.05) is 29.0 Å². The highest BCUT2D eigenvalue weighted by Gasteiger charge is 2.15. The fraction of sp³-hybridized carbons (Fsp3) is 0.500. The van der Waals surface area contributed by atoms with E-state index in [1.54, 1.807) is 0 Å². The van der Waals surface area contributed by atoms with Crippen LogP contribution in [0.15, 0.2) is 16.6 Å². The molecule has 88 valence electrons. The van der Waals surface area contributed by atoms with Gasteiger partial charge in [0.05, 0.1) is 6.10 Å². The van der Waals surface area contributed by atoms with Crippen molar-refractivity contribution in [1.29, 1.82) is 0 Å². The molecular formula is C12H17BrN2O. The van der Waals surface area contributed by atoms with Gasteiger partial charge in [0.1, 0.15) is 0 Å². The minimum atomic E-state index is 0.352. The summed E-state index contributed by atoms with van der Waals surface area (Å²) < 4.78 is 6.57. The Bertz CT molecular complexity index is 376. The topological polar surface area (TPSA) is 47.3 Å². The minimum Gasteiger partial charge on any atom is -0.398 e. The molecule has 0 radical (unpaired) electrons. The average molecular weight is 285 g/mol. The van der Waals surface area contributed by atoms with Crippen LogP contribution in [0.5, 0.6) is 0 Å². The molecule has 1 heterocycles. The summed E-state index contributed by atoms with van der Waals surface area (Å²) in [5.74, 6) is 0. The van der Waals surface area contributed by atoms with E-state index in [-0.39, 0.29) is 0 Å². The second-order valence-electron chi connectivity index (χ2n) is 4.20. The van der Waals surface area contributed by atoms with Gasteiger partial charge < -0.3 is 15.8 Å². The molecule has 16 heavy (non-hydrogen) atoms. The van der Waals surface area contributed by atoms with Crippen molar-refractivity contribution in [3.63, 3.8) is 0 Å². The number of nitrogens with one attached hydrogen (secondary N) is 1. The lowest BCUT2D eigenvalue weighted by Crippen LogP contribution is -2.18. The van der Waals surface area contributed by atoms with Gasteiger partial charge in [-0.1, -0.05) is 0 Å². The highest BCUT2D eigenvalue weighted by atomic mass is 79.9. The fourth-order valence-electron chi connectivity index (χ4n) is 1.86. The Hall–Kier alpha value is -0.740. The first-order valence-corrected chi connectivity index (χ1v) is 6.37. The first kappa shape index (κ1) is 11.7. The summed E-state index contributed by atoms with van der Waals surface area (Å²) in [5, 5.41) is 3.40. The highest BCUT2D eigenvalue weighted by molar-refractivity contribution is 9.10. The maximum Gasteiger partial charge on any atom is 0.0748 e. The maximum atomic E-state index is 5.83. The number of nitrogen functional groups attached to an aromatic ring is 1. The number of rotatable bonds is 3. The van der Waals surface area contributed by atoms with Crippen LogP contribution in [0.1, 0.15) is 18.4 Å². The van der Waals surface area contributed by atoms with Crippen LogP contribution in [0.25, 0.3) is 0 Å². The van der Waals surface area contributed by atoms with Crippen LogP contribution in [0.4, 0.5) is 11.4 Å². The molecular weight excluding hydrogens is 268 g/mol. The van der Waals surface area contributed by atoms with Gasteiger partial charge in [-0.3, -0.25) is 0 Å². The molecule has 1 aliphatic rings. The quantitative estimate of drug-likeness (QED) is 0.839. The van der Waals surface area contributed by atoms with E-state index in [1.807, 2.05) is 13.0 Å². The van der Waals surface area contributed by atoms with Gasteiger partial charge in [-0.05, 0) is 53.4 Å². The Balaban J connectivity index is 2.00. The number of benzene rings is 1. The first-order chi connectivity index (χ1) is 7.66. The summed E-state index contributed by atoms with van der Waals surface area (Å²) in [7, 11) is 0. The van der Waals surface area contributed by atoms with Crippen molar-refractivity contribution in [1.82, 2.24) is 0 Å². The van der Waals surface area contributed by atoms with Crippen LogP contribution in [0.2, 0.25) is 0 Å². The number of hydrogen-bond acceptors (Lipinski definition) is 3. The van der Waals surface area contributed by atoms with Crippen LogP contribution in [0.3, 0.4) is 0 Å². The molecule has 0 saturated carbocycles. The zero-order chi connectivity index (χ0) is 11.5. The zero-order valence-corrected chi connectivity index (χ0v) is 11.0. The molecule has 1 saturated heterocycles. The van der Waals surface area contributed by atoms with E-state index in [4.69, 9.17) is 10.5 Å². The summed E-state index contributed by atoms with van der Waals surface area (Å²) in [6.45, 7) is 3.77. The van der Waals surface area contributed by atoms with Gasteiger partial charge in [-0.2, -0.15) is 0 Å². The van der Waals surface area contributed by atoms with E-state index >= 15 is 0 Å². The molecule has 1 aromatic carbocycles. The van der Waals surface area contributed by atoms with Crippen molar-refractivity contribution in [2.75, 3.05) is 24.2 Å². The van der Waals surface area contributed by atoms with Crippen LogP contribution >= 0.6 is 15.9 Å². The summed E-state index contributed by atoms with van der Waals surface area (Å²) in [5.41, 5.74) is 8.82.